The number of carbonyl (C=O) groups excluding carboxylic acids is 1. The molecule has 2 heterocycles. The Morgan fingerprint density at radius 2 is 1.89 bits per heavy atom. The van der Waals surface area contributed by atoms with Gasteiger partial charge in [0.2, 0.25) is 5.95 Å². The van der Waals surface area contributed by atoms with E-state index in [9.17, 15) is 9.18 Å². The smallest absolute Gasteiger partial charge is 0.407 e. The highest BCUT2D eigenvalue weighted by Gasteiger charge is 2.25. The normalized spacial score (nSPS) is 19.7. The lowest BCUT2D eigenvalue weighted by molar-refractivity contribution is 0.0492. The molecule has 8 nitrogen and oxygen atoms in total. The van der Waals surface area contributed by atoms with E-state index < -0.39 is 11.4 Å². The molecule has 0 atom stereocenters. The molecular formula is C19H25FN6O2. The van der Waals surface area contributed by atoms with Gasteiger partial charge in [-0.1, -0.05) is 0 Å². The number of carbonyl (C=O) groups is 1. The number of pyridine rings is 1. The zero-order valence-electron chi connectivity index (χ0n) is 16.3. The van der Waals surface area contributed by atoms with E-state index in [2.05, 4.69) is 30.6 Å². The molecule has 0 unspecified atom stereocenters. The number of halogens is 1. The molecular weight excluding hydrogens is 363 g/mol. The van der Waals surface area contributed by atoms with Gasteiger partial charge in [0, 0.05) is 24.5 Å². The third kappa shape index (κ3) is 5.58. The van der Waals surface area contributed by atoms with Crippen LogP contribution in [0, 0.1) is 5.82 Å². The number of rotatable bonds is 4. The van der Waals surface area contributed by atoms with E-state index in [1.54, 1.807) is 0 Å². The van der Waals surface area contributed by atoms with Gasteiger partial charge in [0.1, 0.15) is 17.7 Å². The van der Waals surface area contributed by atoms with Crippen molar-refractivity contribution in [2.75, 3.05) is 5.32 Å². The Balaban J connectivity index is 1.53. The molecule has 0 radical (unpaired) electrons. The van der Waals surface area contributed by atoms with Crippen molar-refractivity contribution in [3.8, 4) is 11.4 Å². The second kappa shape index (κ2) is 8.45. The average Bonchev–Trinajstić information content (AvgIpc) is 2.62. The van der Waals surface area contributed by atoms with Crippen LogP contribution >= 0.6 is 0 Å². The molecule has 150 valence electrons. The highest BCUT2D eigenvalue weighted by molar-refractivity contribution is 5.68. The minimum atomic E-state index is -0.507. The van der Waals surface area contributed by atoms with Crippen molar-refractivity contribution >= 4 is 12.0 Å². The third-order valence-electron chi connectivity index (χ3n) is 4.36. The average molecular weight is 388 g/mol. The fourth-order valence-electron chi connectivity index (χ4n) is 3.08. The fourth-order valence-corrected chi connectivity index (χ4v) is 3.08. The number of aromatic nitrogens is 4. The molecule has 1 aliphatic rings. The number of nitrogens with one attached hydrogen (secondary N) is 2. The third-order valence-corrected chi connectivity index (χ3v) is 4.36. The van der Waals surface area contributed by atoms with E-state index in [-0.39, 0.29) is 29.6 Å². The summed E-state index contributed by atoms with van der Waals surface area (Å²) >= 11 is 0. The number of hydrogen-bond acceptors (Lipinski definition) is 7. The number of ether oxygens (including phenoxy) is 1. The molecule has 0 aliphatic heterocycles. The first-order valence-electron chi connectivity index (χ1n) is 9.35. The SMILES string of the molecule is CC(C)(C)OC(=O)NC1CCC(Nc2ncnc(-c3cnccc3F)n2)CC1. The molecule has 9 heteroatoms. The summed E-state index contributed by atoms with van der Waals surface area (Å²) in [5.41, 5.74) is -0.273. The van der Waals surface area contributed by atoms with Gasteiger partial charge in [0.25, 0.3) is 0 Å². The van der Waals surface area contributed by atoms with E-state index in [0.717, 1.165) is 25.7 Å². The van der Waals surface area contributed by atoms with Crippen molar-refractivity contribution in [1.82, 2.24) is 25.3 Å². The van der Waals surface area contributed by atoms with Gasteiger partial charge in [-0.25, -0.2) is 19.2 Å². The largest absolute Gasteiger partial charge is 0.444 e. The molecule has 0 aromatic carbocycles. The fraction of sp³-hybridized carbons (Fsp3) is 0.526. The van der Waals surface area contributed by atoms with Crippen LogP contribution in [-0.2, 0) is 4.74 Å². The molecule has 1 amide bonds. The van der Waals surface area contributed by atoms with Crippen LogP contribution in [-0.4, -0.2) is 43.7 Å². The van der Waals surface area contributed by atoms with Gasteiger partial charge in [0.15, 0.2) is 5.82 Å². The number of alkyl carbamates (subject to hydrolysis) is 1. The first-order valence-corrected chi connectivity index (χ1v) is 9.35. The monoisotopic (exact) mass is 388 g/mol. The zero-order valence-corrected chi connectivity index (χ0v) is 16.3. The van der Waals surface area contributed by atoms with Crippen LogP contribution in [0.4, 0.5) is 15.1 Å². The molecule has 1 aliphatic carbocycles. The Labute approximate surface area is 163 Å². The standard InChI is InChI=1S/C19H25FN6O2/c1-19(2,3)28-18(27)25-13-6-4-12(5-7-13)24-17-23-11-22-16(26-17)14-10-21-9-8-15(14)20/h8-13H,4-7H2,1-3H3,(H,25,27)(H,22,23,24,26). The Bertz CT molecular complexity index is 818. The van der Waals surface area contributed by atoms with Crippen LogP contribution in [0.2, 0.25) is 0 Å². The van der Waals surface area contributed by atoms with Crippen molar-refractivity contribution in [3.05, 3.63) is 30.6 Å². The highest BCUT2D eigenvalue weighted by Crippen LogP contribution is 2.23. The van der Waals surface area contributed by atoms with Crippen molar-refractivity contribution in [2.45, 2.75) is 64.1 Å². The summed E-state index contributed by atoms with van der Waals surface area (Å²) in [6.45, 7) is 5.52. The van der Waals surface area contributed by atoms with E-state index in [1.165, 1.54) is 24.8 Å². The van der Waals surface area contributed by atoms with Crippen LogP contribution < -0.4 is 10.6 Å². The summed E-state index contributed by atoms with van der Waals surface area (Å²) in [4.78, 5) is 28.3. The van der Waals surface area contributed by atoms with Crippen LogP contribution in [0.3, 0.4) is 0 Å². The number of nitrogens with zero attached hydrogens (tertiary/aromatic N) is 4. The summed E-state index contributed by atoms with van der Waals surface area (Å²) in [7, 11) is 0. The van der Waals surface area contributed by atoms with Crippen molar-refractivity contribution in [3.63, 3.8) is 0 Å². The van der Waals surface area contributed by atoms with Gasteiger partial charge in [-0.3, -0.25) is 4.98 Å². The predicted molar refractivity (Wildman–Crippen MR) is 102 cm³/mol. The summed E-state index contributed by atoms with van der Waals surface area (Å²) in [5, 5.41) is 6.19. The summed E-state index contributed by atoms with van der Waals surface area (Å²) < 4.78 is 19.2. The Kier molecular flexibility index (Phi) is 6.01. The van der Waals surface area contributed by atoms with Gasteiger partial charge in [-0.15, -0.1) is 0 Å². The topological polar surface area (TPSA) is 102 Å². The van der Waals surface area contributed by atoms with Crippen LogP contribution in [0.1, 0.15) is 46.5 Å². The lowest BCUT2D eigenvalue weighted by Crippen LogP contribution is -2.42. The zero-order chi connectivity index (χ0) is 20.1. The minimum Gasteiger partial charge on any atom is -0.444 e. The molecule has 1 saturated carbocycles. The first-order chi connectivity index (χ1) is 13.3. The maximum absolute atomic E-state index is 13.9. The van der Waals surface area contributed by atoms with E-state index >= 15 is 0 Å². The van der Waals surface area contributed by atoms with Gasteiger partial charge < -0.3 is 15.4 Å². The lowest BCUT2D eigenvalue weighted by Gasteiger charge is -2.30. The van der Waals surface area contributed by atoms with E-state index in [4.69, 9.17) is 4.74 Å². The van der Waals surface area contributed by atoms with Crippen molar-refractivity contribution in [2.24, 2.45) is 0 Å². The molecule has 0 spiro atoms. The molecule has 2 N–H and O–H groups in total. The van der Waals surface area contributed by atoms with Crippen molar-refractivity contribution in [1.29, 1.82) is 0 Å². The van der Waals surface area contributed by atoms with Gasteiger partial charge in [-0.2, -0.15) is 4.98 Å². The number of amides is 1. The molecule has 0 bridgehead atoms. The predicted octanol–water partition coefficient (Wildman–Crippen LogP) is 3.32. The van der Waals surface area contributed by atoms with Crippen molar-refractivity contribution < 1.29 is 13.9 Å². The van der Waals surface area contributed by atoms with Gasteiger partial charge in [0.05, 0.1) is 5.56 Å². The second-order valence-electron chi connectivity index (χ2n) is 7.83. The minimum absolute atomic E-state index is 0.0892. The maximum Gasteiger partial charge on any atom is 0.407 e. The lowest BCUT2D eigenvalue weighted by atomic mass is 9.91. The quantitative estimate of drug-likeness (QED) is 0.828. The number of hydrogen-bond donors (Lipinski definition) is 2. The Hall–Kier alpha value is -2.84. The molecule has 1 fully saturated rings. The van der Waals surface area contributed by atoms with E-state index in [1.807, 2.05) is 20.8 Å². The molecule has 2 aromatic rings. The molecule has 0 saturated heterocycles. The van der Waals surface area contributed by atoms with Crippen LogP contribution in [0.15, 0.2) is 24.8 Å². The molecule has 3 rings (SSSR count). The Morgan fingerprint density at radius 3 is 2.57 bits per heavy atom. The van der Waals surface area contributed by atoms with Gasteiger partial charge in [-0.05, 0) is 52.5 Å². The highest BCUT2D eigenvalue weighted by atomic mass is 19.1. The van der Waals surface area contributed by atoms with Crippen LogP contribution in [0.25, 0.3) is 11.4 Å². The van der Waals surface area contributed by atoms with Gasteiger partial charge >= 0.3 is 6.09 Å². The summed E-state index contributed by atoms with van der Waals surface area (Å²) in [6.07, 6.45) is 7.09. The van der Waals surface area contributed by atoms with Crippen LogP contribution in [0.5, 0.6) is 0 Å². The molecule has 2 aromatic heterocycles. The molecule has 28 heavy (non-hydrogen) atoms. The summed E-state index contributed by atoms with van der Waals surface area (Å²) in [6, 6.07) is 1.53. The maximum atomic E-state index is 13.9. The Morgan fingerprint density at radius 1 is 1.18 bits per heavy atom. The number of anilines is 1. The van der Waals surface area contributed by atoms with E-state index in [0.29, 0.717) is 5.95 Å². The first kappa shape index (κ1) is 19.9. The summed E-state index contributed by atoms with van der Waals surface area (Å²) in [5.74, 6) is 0.209. The second-order valence-corrected chi connectivity index (χ2v) is 7.83.